The molecule has 0 amide bonds. The summed E-state index contributed by atoms with van der Waals surface area (Å²) in [6.07, 6.45) is -0.796. The molecule has 0 bridgehead atoms. The van der Waals surface area contributed by atoms with Crippen LogP contribution in [0.5, 0.6) is 0 Å². The van der Waals surface area contributed by atoms with Gasteiger partial charge in [0.1, 0.15) is 5.25 Å². The van der Waals surface area contributed by atoms with Gasteiger partial charge in [0.05, 0.1) is 19.3 Å². The topological polar surface area (TPSA) is 66.8 Å². The van der Waals surface area contributed by atoms with E-state index in [1.165, 1.54) is 0 Å². The lowest BCUT2D eigenvalue weighted by molar-refractivity contribution is -0.143. The zero-order valence-electron chi connectivity index (χ0n) is 6.93. The molecule has 12 heavy (non-hydrogen) atoms. The van der Waals surface area contributed by atoms with E-state index in [2.05, 4.69) is 17.4 Å². The van der Waals surface area contributed by atoms with Gasteiger partial charge in [0.2, 0.25) is 0 Å². The Bertz CT molecular complexity index is 139. The minimum absolute atomic E-state index is 0.110. The molecule has 0 rings (SSSR count). The lowest BCUT2D eigenvalue weighted by Gasteiger charge is -2.12. The Morgan fingerprint density at radius 3 is 2.67 bits per heavy atom. The van der Waals surface area contributed by atoms with E-state index in [0.29, 0.717) is 6.61 Å². The minimum Gasteiger partial charge on any atom is -0.465 e. The van der Waals surface area contributed by atoms with Crippen molar-refractivity contribution in [2.45, 2.75) is 24.7 Å². The number of carbonyl (C=O) groups excluding carboxylic acids is 1. The molecule has 2 unspecified atom stereocenters. The third-order valence-corrected chi connectivity index (χ3v) is 1.69. The second-order valence-electron chi connectivity index (χ2n) is 2.34. The number of hydrogen-bond donors (Lipinski definition) is 3. The van der Waals surface area contributed by atoms with Crippen LogP contribution in [-0.4, -0.2) is 40.8 Å². The maximum atomic E-state index is 10.9. The van der Waals surface area contributed by atoms with Gasteiger partial charge >= 0.3 is 5.97 Å². The van der Waals surface area contributed by atoms with Gasteiger partial charge < -0.3 is 14.9 Å². The van der Waals surface area contributed by atoms with E-state index in [1.54, 1.807) is 6.92 Å². The van der Waals surface area contributed by atoms with Crippen LogP contribution in [0.25, 0.3) is 0 Å². The molecule has 0 radical (unpaired) electrons. The predicted octanol–water partition coefficient (Wildman–Crippen LogP) is -0.409. The van der Waals surface area contributed by atoms with Crippen molar-refractivity contribution in [3.8, 4) is 0 Å². The molecule has 0 fully saturated rings. The third kappa shape index (κ3) is 4.58. The lowest BCUT2D eigenvalue weighted by Crippen LogP contribution is -2.25. The highest BCUT2D eigenvalue weighted by atomic mass is 32.1. The fraction of sp³-hybridized carbons (Fsp3) is 0.857. The summed E-state index contributed by atoms with van der Waals surface area (Å²) in [7, 11) is 0. The Labute approximate surface area is 76.9 Å². The number of rotatable bonds is 5. The van der Waals surface area contributed by atoms with Crippen LogP contribution in [0, 0.1) is 0 Å². The highest BCUT2D eigenvalue weighted by molar-refractivity contribution is 7.81. The summed E-state index contributed by atoms with van der Waals surface area (Å²) in [5, 5.41) is 16.7. The molecule has 0 heterocycles. The van der Waals surface area contributed by atoms with Crippen LogP contribution in [0.2, 0.25) is 0 Å². The van der Waals surface area contributed by atoms with Crippen molar-refractivity contribution in [2.24, 2.45) is 0 Å². The van der Waals surface area contributed by atoms with Crippen LogP contribution in [0.1, 0.15) is 13.3 Å². The summed E-state index contributed by atoms with van der Waals surface area (Å²) in [6, 6.07) is 0. The highest BCUT2D eigenvalue weighted by Crippen LogP contribution is 2.07. The lowest BCUT2D eigenvalue weighted by atomic mass is 10.2. The van der Waals surface area contributed by atoms with Gasteiger partial charge in [-0.05, 0) is 13.3 Å². The second kappa shape index (κ2) is 6.28. The fourth-order valence-corrected chi connectivity index (χ4v) is 0.985. The Morgan fingerprint density at radius 2 is 2.25 bits per heavy atom. The largest absolute Gasteiger partial charge is 0.465 e. The zero-order chi connectivity index (χ0) is 9.56. The summed E-state index contributed by atoms with van der Waals surface area (Å²) in [4.78, 5) is 10.9. The molecule has 0 aromatic carbocycles. The van der Waals surface area contributed by atoms with Crippen molar-refractivity contribution >= 4 is 18.6 Å². The number of thiol groups is 1. The molecule has 0 aliphatic carbocycles. The molecule has 2 atom stereocenters. The van der Waals surface area contributed by atoms with Crippen molar-refractivity contribution in [2.75, 3.05) is 13.2 Å². The van der Waals surface area contributed by atoms with Crippen LogP contribution in [0.3, 0.4) is 0 Å². The Balaban J connectivity index is 3.70. The third-order valence-electron chi connectivity index (χ3n) is 1.26. The van der Waals surface area contributed by atoms with E-state index in [4.69, 9.17) is 10.2 Å². The molecule has 0 aliphatic heterocycles. The van der Waals surface area contributed by atoms with Crippen LogP contribution in [0.4, 0.5) is 0 Å². The standard InChI is InChI=1S/C7H14O4S/c1-2-11-7(10)6(12)3-5(9)4-8/h5-6,8-9,12H,2-4H2,1H3. The minimum atomic E-state index is -0.906. The second-order valence-corrected chi connectivity index (χ2v) is 2.96. The monoisotopic (exact) mass is 194 g/mol. The normalized spacial score (nSPS) is 15.3. The maximum Gasteiger partial charge on any atom is 0.318 e. The predicted molar refractivity (Wildman–Crippen MR) is 47.1 cm³/mol. The van der Waals surface area contributed by atoms with Crippen LogP contribution in [-0.2, 0) is 9.53 Å². The fourth-order valence-electron chi connectivity index (χ4n) is 0.667. The Morgan fingerprint density at radius 1 is 1.67 bits per heavy atom. The average Bonchev–Trinajstić information content (AvgIpc) is 2.04. The number of aliphatic hydroxyl groups excluding tert-OH is 2. The number of hydrogen-bond acceptors (Lipinski definition) is 5. The van der Waals surface area contributed by atoms with E-state index >= 15 is 0 Å². The molecule has 0 spiro atoms. The molecular formula is C7H14O4S. The summed E-state index contributed by atoms with van der Waals surface area (Å²) in [5.41, 5.74) is 0. The molecule has 2 N–H and O–H groups in total. The first-order valence-corrected chi connectivity index (χ1v) is 4.27. The maximum absolute atomic E-state index is 10.9. The van der Waals surface area contributed by atoms with Gasteiger partial charge in [-0.1, -0.05) is 0 Å². The summed E-state index contributed by atoms with van der Waals surface area (Å²) < 4.78 is 4.64. The van der Waals surface area contributed by atoms with Crippen molar-refractivity contribution in [3.63, 3.8) is 0 Å². The summed E-state index contributed by atoms with van der Waals surface area (Å²) >= 11 is 3.91. The van der Waals surface area contributed by atoms with E-state index in [9.17, 15) is 4.79 Å². The first kappa shape index (κ1) is 11.7. The zero-order valence-corrected chi connectivity index (χ0v) is 7.83. The molecule has 0 aromatic heterocycles. The van der Waals surface area contributed by atoms with Crippen molar-refractivity contribution in [1.82, 2.24) is 0 Å². The van der Waals surface area contributed by atoms with Gasteiger partial charge in [-0.25, -0.2) is 0 Å². The molecule has 0 saturated carbocycles. The van der Waals surface area contributed by atoms with Gasteiger partial charge in [-0.2, -0.15) is 12.6 Å². The van der Waals surface area contributed by atoms with Gasteiger partial charge in [-0.15, -0.1) is 0 Å². The van der Waals surface area contributed by atoms with E-state index in [-0.39, 0.29) is 13.0 Å². The summed E-state index contributed by atoms with van der Waals surface area (Å²) in [6.45, 7) is 1.63. The number of carbonyl (C=O) groups is 1. The Hall–Kier alpha value is -0.260. The Kier molecular flexibility index (Phi) is 6.14. The van der Waals surface area contributed by atoms with Crippen LogP contribution < -0.4 is 0 Å². The quantitative estimate of drug-likeness (QED) is 0.411. The van der Waals surface area contributed by atoms with Gasteiger partial charge in [0.25, 0.3) is 0 Å². The number of esters is 1. The van der Waals surface area contributed by atoms with Crippen molar-refractivity contribution < 1.29 is 19.7 Å². The van der Waals surface area contributed by atoms with Crippen molar-refractivity contribution in [3.05, 3.63) is 0 Å². The van der Waals surface area contributed by atoms with E-state index in [0.717, 1.165) is 0 Å². The molecule has 72 valence electrons. The van der Waals surface area contributed by atoms with Crippen molar-refractivity contribution in [1.29, 1.82) is 0 Å². The first-order valence-electron chi connectivity index (χ1n) is 3.75. The van der Waals surface area contributed by atoms with Gasteiger partial charge in [0.15, 0.2) is 0 Å². The number of ether oxygens (including phenoxy) is 1. The smallest absolute Gasteiger partial charge is 0.318 e. The van der Waals surface area contributed by atoms with Gasteiger partial charge in [-0.3, -0.25) is 4.79 Å². The average molecular weight is 194 g/mol. The number of aliphatic hydroxyl groups is 2. The van der Waals surface area contributed by atoms with Gasteiger partial charge in [0, 0.05) is 0 Å². The highest BCUT2D eigenvalue weighted by Gasteiger charge is 2.18. The van der Waals surface area contributed by atoms with Crippen LogP contribution >= 0.6 is 12.6 Å². The molecule has 0 saturated heterocycles. The van der Waals surface area contributed by atoms with E-state index < -0.39 is 17.3 Å². The molecule has 0 aliphatic rings. The first-order chi connectivity index (χ1) is 5.61. The van der Waals surface area contributed by atoms with Crippen LogP contribution in [0.15, 0.2) is 0 Å². The van der Waals surface area contributed by atoms with E-state index in [1.807, 2.05) is 0 Å². The molecule has 5 heteroatoms. The SMILES string of the molecule is CCOC(=O)C(S)CC(O)CO. The molecular weight excluding hydrogens is 180 g/mol. The molecule has 4 nitrogen and oxygen atoms in total. The summed E-state index contributed by atoms with van der Waals surface area (Å²) in [5.74, 6) is -0.465. The molecule has 0 aromatic rings.